The van der Waals surface area contributed by atoms with Gasteiger partial charge in [0.2, 0.25) is 15.9 Å². The topological polar surface area (TPSA) is 379 Å². The minimum atomic E-state index is -3.28. The van der Waals surface area contributed by atoms with Gasteiger partial charge in [0.1, 0.15) is 8.64 Å². The Kier molecular flexibility index (Phi) is 106. The van der Waals surface area contributed by atoms with Gasteiger partial charge < -0.3 is 57.9 Å². The molecule has 1 unspecified atom stereocenters. The van der Waals surface area contributed by atoms with Crippen molar-refractivity contribution in [3.05, 3.63) is 0 Å². The smallest absolute Gasteiger partial charge is 0.315 e. The molecular formula is C56H142N18O10S10. The number of rotatable bonds is 23. The average Bonchev–Trinajstić information content (AvgIpc) is 2.91. The zero-order valence-electron chi connectivity index (χ0n) is 64.5. The molecule has 94 heavy (non-hydrogen) atoms. The molecule has 28 nitrogen and oxygen atoms in total. The van der Waals surface area contributed by atoms with E-state index in [0.717, 1.165) is 14.5 Å². The zero-order valence-corrected chi connectivity index (χ0v) is 72.7. The molecule has 38 heteroatoms. The first-order valence-corrected chi connectivity index (χ1v) is 40.6. The predicted octanol–water partition coefficient (Wildman–Crippen LogP) is 5.64. The van der Waals surface area contributed by atoms with E-state index in [1.54, 1.807) is 121 Å². The number of urea groups is 2. The Bertz CT molecular complexity index is 1840. The first kappa shape index (κ1) is 119. The van der Waals surface area contributed by atoms with Crippen LogP contribution in [0.15, 0.2) is 0 Å². The summed E-state index contributed by atoms with van der Waals surface area (Å²) in [4.78, 5) is 31.6. The normalized spacial score (nSPS) is 10.6. The van der Waals surface area contributed by atoms with E-state index in [-0.39, 0.29) is 82.7 Å². The van der Waals surface area contributed by atoms with Gasteiger partial charge in [0, 0.05) is 121 Å². The van der Waals surface area contributed by atoms with Crippen molar-refractivity contribution >= 4 is 146 Å². The Morgan fingerprint density at radius 1 is 0.457 bits per heavy atom. The van der Waals surface area contributed by atoms with Gasteiger partial charge >= 0.3 is 12.1 Å². The zero-order chi connectivity index (χ0) is 77.5. The Morgan fingerprint density at radius 2 is 0.819 bits per heavy atom. The van der Waals surface area contributed by atoms with Gasteiger partial charge in [-0.3, -0.25) is 14.8 Å². The van der Waals surface area contributed by atoms with Gasteiger partial charge in [-0.15, -0.1) is 23.5 Å². The van der Waals surface area contributed by atoms with E-state index in [9.17, 15) is 39.6 Å². The lowest BCUT2D eigenvalue weighted by Crippen LogP contribution is -2.43. The summed E-state index contributed by atoms with van der Waals surface area (Å²) >= 11 is 17.7. The van der Waals surface area contributed by atoms with Gasteiger partial charge in [0.25, 0.3) is 10.2 Å². The summed E-state index contributed by atoms with van der Waals surface area (Å²) in [5.74, 6) is 1.29. The van der Waals surface area contributed by atoms with Crippen LogP contribution in [-0.4, -0.2) is 218 Å². The molecule has 18 N–H and O–H groups in total. The molecule has 5 amide bonds. The Morgan fingerprint density at radius 3 is 0.926 bits per heavy atom. The Hall–Kier alpha value is -1.67. The first-order valence-electron chi connectivity index (χ1n) is 30.5. The van der Waals surface area contributed by atoms with Crippen molar-refractivity contribution in [2.75, 3.05) is 95.7 Å². The van der Waals surface area contributed by atoms with E-state index in [1.807, 2.05) is 145 Å². The van der Waals surface area contributed by atoms with E-state index in [2.05, 4.69) is 115 Å². The standard InChI is InChI=1S/C7H16N2O.C7H15NO.C6H16N2O2S.C6H16N2OS.C6H15NO2S.C6H15NOS.C3H8N2O.C3H8N2S2.C3H8N2S.C3H9NO.C3H7NS2.C3H9NS/c1-5(2)8-7(10)9-6(3)4;1-5(2)7(9)8-6(3)4;1-5(2)7-11(9,10)8-6(3)4;1-5(2)7-10(9)8-6(3)4;1-5(2)7-10(8,9)6(3)4;1-5(2)7-9(8)6(3)4;1-4-3(6)5-2;1-4-3(6)7-5-2;1-4-3(6)5-2;1-4-3-5-2;1-4-3(5)6-2;1-4-3-5-2/h5-6H,1-4H3,(H2,8,9,10);5-6H,1-4H3,(H,8,9);5-8H,1-4H3;5-8H,1-4H3;5-7H,1-4H3;5-7H,1-4H3;1-2H3,(H2,4,5,6);5H,1-2H3,(H,4,6);1-2H3,(H2,4,5,6);4H,3H2,1-2H3;1-2H3,(H,4,5);4H,3H2,1-2H3. The van der Waals surface area contributed by atoms with Crippen molar-refractivity contribution in [1.29, 1.82) is 0 Å². The maximum absolute atomic E-state index is 11.0. The molecule has 0 rings (SSSR count). The van der Waals surface area contributed by atoms with E-state index in [0.29, 0.717) is 17.9 Å². The number of amides is 5. The third-order valence-electron chi connectivity index (χ3n) is 7.34. The number of methoxy groups -OCH3 is 1. The molecule has 0 bridgehead atoms. The minimum Gasteiger partial charge on any atom is -0.374 e. The monoisotopic (exact) mass is 1550 g/mol. The van der Waals surface area contributed by atoms with Crippen LogP contribution in [0.5, 0.6) is 0 Å². The number of thiocarbonyl (C=S) groups is 3. The number of carbonyl (C=O) groups is 3. The number of thioether (sulfide) groups is 2. The molecule has 0 fully saturated rings. The molecular weight excluding hydrogens is 1410 g/mol. The maximum Gasteiger partial charge on any atom is 0.315 e. The van der Waals surface area contributed by atoms with Gasteiger partial charge in [-0.1, -0.05) is 38.3 Å². The van der Waals surface area contributed by atoms with Crippen molar-refractivity contribution < 1.29 is 44.4 Å². The molecule has 0 aromatic heterocycles. The lowest BCUT2D eigenvalue weighted by atomic mass is 10.2. The lowest BCUT2D eigenvalue weighted by molar-refractivity contribution is -0.124. The highest BCUT2D eigenvalue weighted by Crippen LogP contribution is 1.97. The van der Waals surface area contributed by atoms with Crippen LogP contribution in [0.4, 0.5) is 9.59 Å². The number of hydrogen-bond acceptors (Lipinski definition) is 19. The van der Waals surface area contributed by atoms with Crippen molar-refractivity contribution in [2.24, 2.45) is 5.92 Å². The highest BCUT2D eigenvalue weighted by Gasteiger charge is 2.16. The third-order valence-corrected chi connectivity index (χ3v) is 17.2. The van der Waals surface area contributed by atoms with Crippen LogP contribution in [0.25, 0.3) is 0 Å². The molecule has 0 radical (unpaired) electrons. The van der Waals surface area contributed by atoms with Crippen LogP contribution in [0, 0.1) is 5.92 Å². The summed E-state index contributed by atoms with van der Waals surface area (Å²) in [6, 6.07) is 1.12. The van der Waals surface area contributed by atoms with Crippen LogP contribution in [-0.2, 0) is 51.9 Å². The second kappa shape index (κ2) is 83.7. The fraction of sp³-hybridized carbons (Fsp3) is 0.893. The van der Waals surface area contributed by atoms with Gasteiger partial charge in [-0.2, -0.15) is 17.9 Å². The molecule has 0 saturated carbocycles. The fourth-order valence-corrected chi connectivity index (χ4v) is 8.68. The molecule has 0 aliphatic rings. The highest BCUT2D eigenvalue weighted by molar-refractivity contribution is 8.22. The molecule has 0 aromatic carbocycles. The largest absolute Gasteiger partial charge is 0.374 e. The fourth-order valence-electron chi connectivity index (χ4n) is 3.75. The van der Waals surface area contributed by atoms with Crippen molar-refractivity contribution in [1.82, 2.24) is 91.5 Å². The summed E-state index contributed by atoms with van der Waals surface area (Å²) in [6.07, 6.45) is 4.01. The molecule has 1 atom stereocenters. The summed E-state index contributed by atoms with van der Waals surface area (Å²) < 4.78 is 90.9. The Labute approximate surface area is 610 Å². The van der Waals surface area contributed by atoms with E-state index < -0.39 is 42.4 Å². The van der Waals surface area contributed by atoms with Crippen LogP contribution < -0.4 is 91.5 Å². The predicted molar refractivity (Wildman–Crippen MR) is 430 cm³/mol. The van der Waals surface area contributed by atoms with Gasteiger partial charge in [0.15, 0.2) is 16.3 Å². The summed E-state index contributed by atoms with van der Waals surface area (Å²) in [6.45, 7) is 45.8. The number of ether oxygens (including phenoxy) is 1. The molecule has 0 aliphatic carbocycles. The van der Waals surface area contributed by atoms with E-state index in [1.165, 1.54) is 11.9 Å². The summed E-state index contributed by atoms with van der Waals surface area (Å²) in [7, 11) is 10.4. The average molecular weight is 1550 g/mol. The quantitative estimate of drug-likeness (QED) is 0.0334. The Balaban J connectivity index is -0.0000000787. The molecule has 576 valence electrons. The van der Waals surface area contributed by atoms with Crippen molar-refractivity contribution in [2.45, 2.75) is 231 Å². The molecule has 0 heterocycles. The molecule has 0 aliphatic heterocycles. The second-order valence-electron chi connectivity index (χ2n) is 21.9. The van der Waals surface area contributed by atoms with E-state index in [4.69, 9.17) is 24.4 Å². The summed E-state index contributed by atoms with van der Waals surface area (Å²) in [5.41, 5.74) is 0. The molecule has 0 aromatic rings. The number of hydrogen-bond donors (Lipinski definition) is 18. The van der Waals surface area contributed by atoms with Crippen molar-refractivity contribution in [3.63, 3.8) is 0 Å². The van der Waals surface area contributed by atoms with Crippen molar-refractivity contribution in [3.8, 4) is 0 Å². The van der Waals surface area contributed by atoms with Crippen LogP contribution in [0.1, 0.15) is 166 Å². The lowest BCUT2D eigenvalue weighted by Gasteiger charge is -2.12. The van der Waals surface area contributed by atoms with Crippen LogP contribution in [0.3, 0.4) is 0 Å². The third kappa shape index (κ3) is 138. The van der Waals surface area contributed by atoms with Crippen LogP contribution in [0.2, 0.25) is 0 Å². The second-order valence-corrected chi connectivity index (χ2v) is 32.9. The number of carbonyl (C=O) groups excluding carboxylic acids is 3. The molecule has 0 saturated heterocycles. The number of nitrogens with one attached hydrogen (secondary N) is 18. The minimum absolute atomic E-state index is 0.00704. The van der Waals surface area contributed by atoms with Crippen LogP contribution >= 0.6 is 72.1 Å². The number of sulfonamides is 1. The maximum atomic E-state index is 11.0. The van der Waals surface area contributed by atoms with Gasteiger partial charge in [-0.25, -0.2) is 45.3 Å². The SMILES string of the molecule is CC(C)NC(=O)C(C)C.CC(C)NC(=O)NC(C)C.CC(C)NS(=O)(=O)C(C)C.CC(C)NS(=O)(=O)NC(C)C.CC(C)NS(=O)C(C)C.CC(C)NS(=O)NC(C)C.CNC(=O)NC.CNC(=S)NC.CNC(=S)SC.CNCOC.CNCSC.CNSC(=S)NC. The summed E-state index contributed by atoms with van der Waals surface area (Å²) in [5, 5.41) is 30.4. The van der Waals surface area contributed by atoms with E-state index >= 15 is 0 Å². The highest BCUT2D eigenvalue weighted by atomic mass is 32.2. The molecule has 0 spiro atoms. The van der Waals surface area contributed by atoms with Gasteiger partial charge in [-0.05, 0) is 210 Å². The van der Waals surface area contributed by atoms with Gasteiger partial charge in [0.05, 0.1) is 23.0 Å². The first-order chi connectivity index (χ1) is 42.9.